The number of likely N-dealkylation sites (tertiary alicyclic amines) is 1. The molecule has 11 nitrogen and oxygen atoms in total. The summed E-state index contributed by atoms with van der Waals surface area (Å²) in [5.74, 6) is -0.175. The number of anilines is 1. The number of amides is 2. The molecular formula is C37H42Cl2FN7O4. The van der Waals surface area contributed by atoms with E-state index in [2.05, 4.69) is 20.5 Å². The fraction of sp³-hybridized carbons (Fsp3) is 0.405. The average Bonchev–Trinajstić information content (AvgIpc) is 3.45. The molecule has 14 heteroatoms. The third-order valence-electron chi connectivity index (χ3n) is 9.73. The van der Waals surface area contributed by atoms with Crippen LogP contribution in [0, 0.1) is 5.82 Å². The van der Waals surface area contributed by atoms with Gasteiger partial charge in [-0.25, -0.2) is 9.37 Å². The number of methoxy groups -OCH3 is 1. The minimum atomic E-state index is -0.579. The van der Waals surface area contributed by atoms with Gasteiger partial charge in [0.25, 0.3) is 5.91 Å². The number of nitrogens with zero attached hydrogens (tertiary/aromatic N) is 5. The second-order valence-electron chi connectivity index (χ2n) is 13.1. The molecular weight excluding hydrogens is 696 g/mol. The Hall–Kier alpha value is -4.07. The van der Waals surface area contributed by atoms with Gasteiger partial charge in [-0.15, -0.1) is 0 Å². The van der Waals surface area contributed by atoms with Gasteiger partial charge in [-0.3, -0.25) is 19.5 Å². The van der Waals surface area contributed by atoms with Crippen LogP contribution in [0.1, 0.15) is 54.3 Å². The molecule has 51 heavy (non-hydrogen) atoms. The highest BCUT2D eigenvalue weighted by Crippen LogP contribution is 2.41. The summed E-state index contributed by atoms with van der Waals surface area (Å²) < 4.78 is 22.7. The van der Waals surface area contributed by atoms with E-state index < -0.39 is 11.9 Å². The Morgan fingerprint density at radius 3 is 2.57 bits per heavy atom. The van der Waals surface area contributed by atoms with Crippen molar-refractivity contribution in [3.05, 3.63) is 81.2 Å². The van der Waals surface area contributed by atoms with Crippen LogP contribution >= 0.6 is 23.2 Å². The first-order valence-corrected chi connectivity index (χ1v) is 17.8. The highest BCUT2D eigenvalue weighted by Gasteiger charge is 2.31. The first-order chi connectivity index (χ1) is 24.5. The van der Waals surface area contributed by atoms with Crippen molar-refractivity contribution in [1.82, 2.24) is 29.7 Å². The molecule has 0 aliphatic carbocycles. The number of hydrogen-bond donors (Lipinski definition) is 3. The minimum absolute atomic E-state index is 0.118. The van der Waals surface area contributed by atoms with Crippen molar-refractivity contribution < 1.29 is 23.8 Å². The Bertz CT molecular complexity index is 1940. The molecule has 2 amide bonds. The molecule has 0 radical (unpaired) electrons. The van der Waals surface area contributed by atoms with Gasteiger partial charge in [-0.1, -0.05) is 35.3 Å². The van der Waals surface area contributed by atoms with E-state index in [1.54, 1.807) is 50.4 Å². The lowest BCUT2D eigenvalue weighted by atomic mass is 10.00. The molecule has 0 saturated carbocycles. The van der Waals surface area contributed by atoms with Gasteiger partial charge in [-0.2, -0.15) is 0 Å². The summed E-state index contributed by atoms with van der Waals surface area (Å²) in [7, 11) is 3.31. The summed E-state index contributed by atoms with van der Waals surface area (Å²) in [4.78, 5) is 39.0. The van der Waals surface area contributed by atoms with Crippen molar-refractivity contribution in [3.63, 3.8) is 0 Å². The van der Waals surface area contributed by atoms with E-state index in [-0.39, 0.29) is 28.4 Å². The van der Waals surface area contributed by atoms with E-state index in [4.69, 9.17) is 32.9 Å². The maximum Gasteiger partial charge on any atom is 0.291 e. The number of aliphatic hydroxyl groups is 1. The molecule has 4 aromatic rings. The lowest BCUT2D eigenvalue weighted by Crippen LogP contribution is -2.47. The van der Waals surface area contributed by atoms with Crippen LogP contribution in [0.3, 0.4) is 0 Å². The van der Waals surface area contributed by atoms with Crippen LogP contribution in [0.2, 0.25) is 10.0 Å². The molecule has 0 spiro atoms. The smallest absolute Gasteiger partial charge is 0.291 e. The SMILES string of the molecule is COc1cc(-c2nccc(-c3cccc(NC(=O)c4nc5c(n4C)CCN(C4CCN(C(C)=O)CC4)C5)c3Cl)c2Cl)cc(F)c1CNC[C@@H](C)O. The first-order valence-electron chi connectivity index (χ1n) is 17.0. The van der Waals surface area contributed by atoms with Crippen LogP contribution in [0.4, 0.5) is 10.1 Å². The van der Waals surface area contributed by atoms with Crippen LogP contribution in [0.15, 0.2) is 42.6 Å². The second kappa shape index (κ2) is 15.7. The monoisotopic (exact) mass is 737 g/mol. The van der Waals surface area contributed by atoms with Crippen molar-refractivity contribution >= 4 is 40.7 Å². The fourth-order valence-corrected chi connectivity index (χ4v) is 7.58. The Morgan fingerprint density at radius 2 is 1.86 bits per heavy atom. The molecule has 0 bridgehead atoms. The number of halogens is 3. The summed E-state index contributed by atoms with van der Waals surface area (Å²) in [5.41, 5.74) is 4.47. The van der Waals surface area contributed by atoms with Gasteiger partial charge >= 0.3 is 0 Å². The lowest BCUT2D eigenvalue weighted by Gasteiger charge is -2.39. The highest BCUT2D eigenvalue weighted by atomic mass is 35.5. The molecule has 2 aromatic heterocycles. The van der Waals surface area contributed by atoms with Gasteiger partial charge in [0.15, 0.2) is 5.82 Å². The first kappa shape index (κ1) is 36.7. The van der Waals surface area contributed by atoms with E-state index in [0.29, 0.717) is 64.3 Å². The third-order valence-corrected chi connectivity index (χ3v) is 10.5. The van der Waals surface area contributed by atoms with Gasteiger partial charge in [0.2, 0.25) is 5.91 Å². The number of benzene rings is 2. The van der Waals surface area contributed by atoms with E-state index in [1.807, 2.05) is 16.5 Å². The maximum absolute atomic E-state index is 15.4. The Labute approximate surface area is 306 Å². The number of aromatic nitrogens is 3. The number of ether oxygens (including phenoxy) is 1. The zero-order valence-electron chi connectivity index (χ0n) is 29.1. The number of pyridine rings is 1. The van der Waals surface area contributed by atoms with Gasteiger partial charge in [0.05, 0.1) is 40.3 Å². The molecule has 1 fully saturated rings. The van der Waals surface area contributed by atoms with Crippen molar-refractivity contribution in [2.75, 3.05) is 38.6 Å². The summed E-state index contributed by atoms with van der Waals surface area (Å²) in [5, 5.41) is 16.0. The zero-order chi connectivity index (χ0) is 36.4. The minimum Gasteiger partial charge on any atom is -0.496 e. The van der Waals surface area contributed by atoms with Crippen LogP contribution in [-0.4, -0.2) is 86.7 Å². The predicted octanol–water partition coefficient (Wildman–Crippen LogP) is 5.70. The van der Waals surface area contributed by atoms with Crippen LogP contribution < -0.4 is 15.4 Å². The zero-order valence-corrected chi connectivity index (χ0v) is 30.6. The lowest BCUT2D eigenvalue weighted by molar-refractivity contribution is -0.130. The number of aliphatic hydroxyl groups excluding tert-OH is 1. The Morgan fingerprint density at radius 1 is 1.12 bits per heavy atom. The van der Waals surface area contributed by atoms with Crippen LogP contribution in [0.25, 0.3) is 22.4 Å². The van der Waals surface area contributed by atoms with Gasteiger partial charge in [0.1, 0.15) is 11.6 Å². The Kier molecular flexibility index (Phi) is 11.3. The number of fused-ring (bicyclic) bond motifs is 1. The number of hydrogen-bond acceptors (Lipinski definition) is 8. The summed E-state index contributed by atoms with van der Waals surface area (Å²) >= 11 is 13.9. The summed E-state index contributed by atoms with van der Waals surface area (Å²) in [6.07, 6.45) is 3.61. The number of imidazole rings is 1. The number of piperidine rings is 1. The van der Waals surface area contributed by atoms with Crippen molar-refractivity contribution in [3.8, 4) is 28.1 Å². The Balaban J connectivity index is 1.21. The number of carbonyl (C=O) groups is 2. The largest absolute Gasteiger partial charge is 0.496 e. The maximum atomic E-state index is 15.4. The number of carbonyl (C=O) groups excluding carboxylic acids is 2. The fourth-order valence-electron chi connectivity index (χ4n) is 6.98. The third kappa shape index (κ3) is 7.75. The van der Waals surface area contributed by atoms with Gasteiger partial charge in [0, 0.05) is 99.8 Å². The summed E-state index contributed by atoms with van der Waals surface area (Å²) in [6, 6.07) is 10.4. The quantitative estimate of drug-likeness (QED) is 0.190. The van der Waals surface area contributed by atoms with Crippen LogP contribution in [-0.2, 0) is 31.4 Å². The van der Waals surface area contributed by atoms with Crippen molar-refractivity contribution in [2.24, 2.45) is 7.05 Å². The molecule has 2 aromatic carbocycles. The molecule has 2 aliphatic rings. The average molecular weight is 739 g/mol. The highest BCUT2D eigenvalue weighted by molar-refractivity contribution is 6.39. The molecule has 1 atom stereocenters. The van der Waals surface area contributed by atoms with Crippen molar-refractivity contribution in [2.45, 2.75) is 58.3 Å². The van der Waals surface area contributed by atoms with Crippen molar-refractivity contribution in [1.29, 1.82) is 0 Å². The summed E-state index contributed by atoms with van der Waals surface area (Å²) in [6.45, 7) is 6.76. The molecule has 6 rings (SSSR count). The molecule has 0 unspecified atom stereocenters. The molecule has 3 N–H and O–H groups in total. The number of nitrogens with one attached hydrogen (secondary N) is 2. The molecule has 270 valence electrons. The van der Waals surface area contributed by atoms with Crippen LogP contribution in [0.5, 0.6) is 5.75 Å². The van der Waals surface area contributed by atoms with E-state index >= 15 is 4.39 Å². The molecule has 4 heterocycles. The predicted molar refractivity (Wildman–Crippen MR) is 196 cm³/mol. The van der Waals surface area contributed by atoms with E-state index in [9.17, 15) is 14.7 Å². The number of rotatable bonds is 10. The standard InChI is InChI=1S/C37H42Cl2FN7O4/c1-21(48)18-41-19-27-28(40)16-23(17-32(27)51-4)35-34(39)26(8-12-42-35)25-6-5-7-29(33(25)38)44-37(50)36-43-30-20-47(15-11-31(30)45(36)3)24-9-13-46(14-10-24)22(2)49/h5-8,12,16-17,21,24,41,48H,9-11,13-15,18-20H2,1-4H3,(H,44,50)/t21-/m1/s1. The topological polar surface area (TPSA) is 125 Å². The molecule has 1 saturated heterocycles. The van der Waals surface area contributed by atoms with E-state index in [1.165, 1.54) is 13.2 Å². The van der Waals surface area contributed by atoms with Gasteiger partial charge < -0.3 is 29.9 Å². The van der Waals surface area contributed by atoms with Gasteiger partial charge in [-0.05, 0) is 44.0 Å². The normalized spacial score (nSPS) is 15.8. The molecule has 2 aliphatic heterocycles. The second-order valence-corrected chi connectivity index (χ2v) is 13.9. The van der Waals surface area contributed by atoms with E-state index in [0.717, 1.165) is 50.3 Å².